The minimum atomic E-state index is 0.442. The molecule has 1 nitrogen and oxygen atoms in total. The van der Waals surface area contributed by atoms with Crippen molar-refractivity contribution in [1.29, 1.82) is 0 Å². The van der Waals surface area contributed by atoms with Crippen molar-refractivity contribution in [2.24, 2.45) is 0 Å². The zero-order valence-electron chi connectivity index (χ0n) is 9.71. The predicted octanol–water partition coefficient (Wildman–Crippen LogP) is 5.94. The highest BCUT2D eigenvalue weighted by atomic mass is 79.9. The van der Waals surface area contributed by atoms with E-state index in [1.165, 1.54) is 0 Å². The first-order chi connectivity index (χ1) is 8.60. The van der Waals surface area contributed by atoms with Gasteiger partial charge in [0, 0.05) is 10.4 Å². The Balaban J connectivity index is 2.28. The molecule has 2 aromatic carbocycles. The fourth-order valence-electron chi connectivity index (χ4n) is 1.56. The van der Waals surface area contributed by atoms with Crippen LogP contribution in [0.3, 0.4) is 0 Å². The Kier molecular flexibility index (Phi) is 4.55. The van der Waals surface area contributed by atoms with E-state index < -0.39 is 0 Å². The molecule has 0 aliphatic rings. The summed E-state index contributed by atoms with van der Waals surface area (Å²) in [5, 5.41) is 0.565. The molecule has 4 heteroatoms. The van der Waals surface area contributed by atoms with Crippen molar-refractivity contribution in [2.45, 2.75) is 12.8 Å². The number of benzene rings is 2. The first-order valence-electron chi connectivity index (χ1n) is 5.38. The van der Waals surface area contributed by atoms with Crippen molar-refractivity contribution in [3.63, 3.8) is 0 Å². The molecule has 18 heavy (non-hydrogen) atoms. The van der Waals surface area contributed by atoms with Gasteiger partial charge in [-0.05, 0) is 48.4 Å². The summed E-state index contributed by atoms with van der Waals surface area (Å²) in [6.07, 6.45) is 0. The quantitative estimate of drug-likeness (QED) is 0.625. The van der Waals surface area contributed by atoms with E-state index in [2.05, 4.69) is 15.9 Å². The van der Waals surface area contributed by atoms with Crippen LogP contribution >= 0.6 is 39.1 Å². The van der Waals surface area contributed by atoms with Crippen LogP contribution in [0.4, 0.5) is 0 Å². The van der Waals surface area contributed by atoms with Crippen LogP contribution in [0.15, 0.2) is 40.9 Å². The van der Waals surface area contributed by atoms with E-state index in [-0.39, 0.29) is 0 Å². The van der Waals surface area contributed by atoms with Crippen LogP contribution < -0.4 is 4.74 Å². The molecule has 0 spiro atoms. The zero-order valence-corrected chi connectivity index (χ0v) is 12.8. The third-order valence-electron chi connectivity index (χ3n) is 2.51. The lowest BCUT2D eigenvalue weighted by Crippen LogP contribution is -1.89. The van der Waals surface area contributed by atoms with Gasteiger partial charge in [-0.25, -0.2) is 0 Å². The average molecular weight is 346 g/mol. The summed E-state index contributed by atoms with van der Waals surface area (Å²) < 4.78 is 6.82. The van der Waals surface area contributed by atoms with Crippen molar-refractivity contribution >= 4 is 39.1 Å². The van der Waals surface area contributed by atoms with Gasteiger partial charge in [0.05, 0.1) is 5.02 Å². The molecule has 0 unspecified atom stereocenters. The number of hydrogen-bond acceptors (Lipinski definition) is 1. The van der Waals surface area contributed by atoms with E-state index in [4.69, 9.17) is 27.9 Å². The van der Waals surface area contributed by atoms with Crippen LogP contribution in [-0.2, 0) is 5.88 Å². The number of rotatable bonds is 3. The molecule has 0 N–H and O–H groups in total. The van der Waals surface area contributed by atoms with Gasteiger partial charge in [0.2, 0.25) is 0 Å². The predicted molar refractivity (Wildman–Crippen MR) is 80.0 cm³/mol. The van der Waals surface area contributed by atoms with E-state index in [1.54, 1.807) is 0 Å². The molecule has 0 radical (unpaired) electrons. The Morgan fingerprint density at radius 2 is 1.83 bits per heavy atom. The Hall–Kier alpha value is -0.700. The minimum absolute atomic E-state index is 0.442. The van der Waals surface area contributed by atoms with E-state index >= 15 is 0 Å². The molecule has 2 aromatic rings. The summed E-state index contributed by atoms with van der Waals surface area (Å²) in [6.45, 7) is 1.99. The molecule has 0 aliphatic heterocycles. The van der Waals surface area contributed by atoms with Crippen molar-refractivity contribution in [3.8, 4) is 11.5 Å². The standard InChI is InChI=1S/C14H11BrCl2O/c1-9-6-11(15)3-5-13(9)18-14-4-2-10(8-16)7-12(14)17/h2-7H,8H2,1H3. The summed E-state index contributed by atoms with van der Waals surface area (Å²) in [4.78, 5) is 0. The van der Waals surface area contributed by atoms with Gasteiger partial charge in [0.1, 0.15) is 11.5 Å². The van der Waals surface area contributed by atoms with E-state index in [1.807, 2.05) is 43.3 Å². The number of halogens is 3. The van der Waals surface area contributed by atoms with Crippen LogP contribution in [0, 0.1) is 6.92 Å². The van der Waals surface area contributed by atoms with Crippen molar-refractivity contribution < 1.29 is 4.74 Å². The highest BCUT2D eigenvalue weighted by Crippen LogP contribution is 2.33. The molecule has 0 bridgehead atoms. The minimum Gasteiger partial charge on any atom is -0.456 e. The molecule has 0 saturated heterocycles. The Bertz CT molecular complexity index is 570. The molecular formula is C14H11BrCl2O. The third-order valence-corrected chi connectivity index (χ3v) is 3.60. The molecule has 0 saturated carbocycles. The summed E-state index contributed by atoms with van der Waals surface area (Å²) in [6, 6.07) is 11.4. The monoisotopic (exact) mass is 344 g/mol. The second kappa shape index (κ2) is 5.96. The number of alkyl halides is 1. The third kappa shape index (κ3) is 3.19. The smallest absolute Gasteiger partial charge is 0.146 e. The van der Waals surface area contributed by atoms with Gasteiger partial charge in [0.25, 0.3) is 0 Å². The van der Waals surface area contributed by atoms with E-state index in [9.17, 15) is 0 Å². The molecule has 0 amide bonds. The Morgan fingerprint density at radius 1 is 1.11 bits per heavy atom. The second-order valence-electron chi connectivity index (χ2n) is 3.91. The van der Waals surface area contributed by atoms with Gasteiger partial charge in [-0.2, -0.15) is 0 Å². The number of hydrogen-bond donors (Lipinski definition) is 0. The highest BCUT2D eigenvalue weighted by molar-refractivity contribution is 9.10. The van der Waals surface area contributed by atoms with Gasteiger partial charge in [0.15, 0.2) is 0 Å². The Morgan fingerprint density at radius 3 is 2.44 bits per heavy atom. The van der Waals surface area contributed by atoms with Crippen LogP contribution in [0.25, 0.3) is 0 Å². The van der Waals surface area contributed by atoms with Crippen molar-refractivity contribution in [1.82, 2.24) is 0 Å². The summed E-state index contributed by atoms with van der Waals surface area (Å²) in [5.74, 6) is 1.87. The van der Waals surface area contributed by atoms with E-state index in [0.717, 1.165) is 21.3 Å². The van der Waals surface area contributed by atoms with Crippen molar-refractivity contribution in [2.75, 3.05) is 0 Å². The lowest BCUT2D eigenvalue weighted by Gasteiger charge is -2.11. The van der Waals surface area contributed by atoms with Crippen LogP contribution in [0.1, 0.15) is 11.1 Å². The average Bonchev–Trinajstić information content (AvgIpc) is 2.34. The highest BCUT2D eigenvalue weighted by Gasteiger charge is 2.06. The lowest BCUT2D eigenvalue weighted by molar-refractivity contribution is 0.479. The first kappa shape index (κ1) is 13.7. The molecule has 2 rings (SSSR count). The topological polar surface area (TPSA) is 9.23 Å². The maximum Gasteiger partial charge on any atom is 0.146 e. The maximum absolute atomic E-state index is 6.15. The number of ether oxygens (including phenoxy) is 1. The normalized spacial score (nSPS) is 10.4. The fourth-order valence-corrected chi connectivity index (χ4v) is 2.44. The van der Waals surface area contributed by atoms with Gasteiger partial charge in [-0.15, -0.1) is 11.6 Å². The fraction of sp³-hybridized carbons (Fsp3) is 0.143. The SMILES string of the molecule is Cc1cc(Br)ccc1Oc1ccc(CCl)cc1Cl. The summed E-state index contributed by atoms with van der Waals surface area (Å²) in [5.41, 5.74) is 2.02. The van der Waals surface area contributed by atoms with Gasteiger partial charge in [-0.3, -0.25) is 0 Å². The van der Waals surface area contributed by atoms with Gasteiger partial charge in [-0.1, -0.05) is 33.6 Å². The summed E-state index contributed by atoms with van der Waals surface area (Å²) >= 11 is 15.3. The van der Waals surface area contributed by atoms with Crippen molar-refractivity contribution in [3.05, 3.63) is 57.0 Å². The number of aryl methyl sites for hydroxylation is 1. The molecule has 0 atom stereocenters. The van der Waals surface area contributed by atoms with Crippen LogP contribution in [-0.4, -0.2) is 0 Å². The lowest BCUT2D eigenvalue weighted by atomic mass is 10.2. The van der Waals surface area contributed by atoms with Gasteiger partial charge >= 0.3 is 0 Å². The second-order valence-corrected chi connectivity index (χ2v) is 5.50. The summed E-state index contributed by atoms with van der Waals surface area (Å²) in [7, 11) is 0. The maximum atomic E-state index is 6.15. The van der Waals surface area contributed by atoms with E-state index in [0.29, 0.717) is 16.7 Å². The molecule has 0 aliphatic carbocycles. The molecule has 0 fully saturated rings. The largest absolute Gasteiger partial charge is 0.456 e. The van der Waals surface area contributed by atoms with Gasteiger partial charge < -0.3 is 4.74 Å². The Labute approximate surface area is 125 Å². The van der Waals surface area contributed by atoms with Crippen LogP contribution in [0.5, 0.6) is 11.5 Å². The van der Waals surface area contributed by atoms with Crippen LogP contribution in [0.2, 0.25) is 5.02 Å². The molecule has 94 valence electrons. The molecule has 0 aromatic heterocycles. The first-order valence-corrected chi connectivity index (χ1v) is 7.09. The molecule has 0 heterocycles. The molecular weight excluding hydrogens is 335 g/mol. The zero-order chi connectivity index (χ0) is 13.1.